The van der Waals surface area contributed by atoms with Crippen molar-refractivity contribution < 1.29 is 14.9 Å². The van der Waals surface area contributed by atoms with Crippen molar-refractivity contribution in [3.63, 3.8) is 0 Å². The van der Waals surface area contributed by atoms with Crippen molar-refractivity contribution in [2.24, 2.45) is 5.73 Å². The topological polar surface area (TPSA) is 80.6 Å². The van der Waals surface area contributed by atoms with E-state index in [-0.39, 0.29) is 22.9 Å². The van der Waals surface area contributed by atoms with Gasteiger partial charge in [0.2, 0.25) is 0 Å². The third-order valence-corrected chi connectivity index (χ3v) is 2.71. The summed E-state index contributed by atoms with van der Waals surface area (Å²) in [6, 6.07) is 2.93. The molecule has 18 heavy (non-hydrogen) atoms. The quantitative estimate of drug-likeness (QED) is 0.725. The Hall–Kier alpha value is -1.20. The van der Waals surface area contributed by atoms with Gasteiger partial charge in [-0.05, 0) is 34.1 Å². The maximum Gasteiger partial charge on any atom is 0.193 e. The number of hydrogen-bond donors (Lipinski definition) is 3. The van der Waals surface area contributed by atoms with Gasteiger partial charge >= 0.3 is 0 Å². The summed E-state index contributed by atoms with van der Waals surface area (Å²) < 4.78 is 7.21. The predicted octanol–water partition coefficient (Wildman–Crippen LogP) is 1.82. The fourth-order valence-electron chi connectivity index (χ4n) is 1.51. The molecule has 0 aromatic carbocycles. The number of ether oxygens (including phenoxy) is 1. The van der Waals surface area contributed by atoms with Crippen molar-refractivity contribution in [3.8, 4) is 11.8 Å². The fourth-order valence-corrected chi connectivity index (χ4v) is 1.51. The van der Waals surface area contributed by atoms with E-state index in [4.69, 9.17) is 10.5 Å². The molecule has 1 aromatic heterocycles. The number of hydrogen-bond acceptors (Lipinski definition) is 4. The maximum absolute atomic E-state index is 9.53. The fraction of sp³-hybridized carbons (Fsp3) is 0.692. The molecule has 0 fully saturated rings. The highest BCUT2D eigenvalue weighted by Gasteiger charge is 2.23. The van der Waals surface area contributed by atoms with Crippen LogP contribution >= 0.6 is 0 Å². The van der Waals surface area contributed by atoms with Gasteiger partial charge in [0, 0.05) is 24.2 Å². The van der Waals surface area contributed by atoms with E-state index >= 15 is 0 Å². The molecule has 1 aromatic rings. The minimum Gasteiger partial charge on any atom is -0.494 e. The van der Waals surface area contributed by atoms with Crippen LogP contribution in [0.3, 0.4) is 0 Å². The third-order valence-electron chi connectivity index (χ3n) is 2.71. The van der Waals surface area contributed by atoms with Crippen molar-refractivity contribution >= 4 is 0 Å². The summed E-state index contributed by atoms with van der Waals surface area (Å²) in [4.78, 5) is 0. The van der Waals surface area contributed by atoms with E-state index in [1.54, 1.807) is 0 Å². The van der Waals surface area contributed by atoms with Crippen LogP contribution in [-0.2, 0) is 11.3 Å². The minimum atomic E-state index is -0.366. The highest BCUT2D eigenvalue weighted by molar-refractivity contribution is 5.23. The highest BCUT2D eigenvalue weighted by Crippen LogP contribution is 2.24. The van der Waals surface area contributed by atoms with Crippen molar-refractivity contribution in [1.29, 1.82) is 0 Å². The van der Waals surface area contributed by atoms with E-state index in [1.165, 1.54) is 16.7 Å². The normalized spacial score (nSPS) is 12.9. The Morgan fingerprint density at radius 3 is 2.11 bits per heavy atom. The first kappa shape index (κ1) is 14.9. The van der Waals surface area contributed by atoms with E-state index in [1.807, 2.05) is 27.7 Å². The molecule has 0 amide bonds. The van der Waals surface area contributed by atoms with Gasteiger partial charge in [0.05, 0.1) is 12.2 Å². The number of nitrogens with two attached hydrogens (primary N) is 1. The molecule has 1 rings (SSSR count). The average Bonchev–Trinajstić information content (AvgIpc) is 2.53. The highest BCUT2D eigenvalue weighted by atomic mass is 16.5. The third kappa shape index (κ3) is 4.58. The van der Waals surface area contributed by atoms with Gasteiger partial charge < -0.3 is 20.7 Å². The lowest BCUT2D eigenvalue weighted by Crippen LogP contribution is -2.41. The molecule has 0 aliphatic rings. The molecule has 0 radical (unpaired) electrons. The summed E-state index contributed by atoms with van der Waals surface area (Å²) in [6.07, 6.45) is 0.666. The Labute approximate surface area is 108 Å². The van der Waals surface area contributed by atoms with E-state index in [0.717, 1.165) is 0 Å². The average molecular weight is 256 g/mol. The first-order valence-electron chi connectivity index (χ1n) is 6.11. The first-order valence-corrected chi connectivity index (χ1v) is 6.11. The van der Waals surface area contributed by atoms with Crippen LogP contribution in [0.25, 0.3) is 0 Å². The largest absolute Gasteiger partial charge is 0.494 e. The van der Waals surface area contributed by atoms with Crippen LogP contribution < -0.4 is 5.73 Å². The summed E-state index contributed by atoms with van der Waals surface area (Å²) in [7, 11) is 0. The lowest BCUT2D eigenvalue weighted by atomic mass is 10.0. The Kier molecular flexibility index (Phi) is 4.29. The van der Waals surface area contributed by atoms with E-state index in [2.05, 4.69) is 0 Å². The van der Waals surface area contributed by atoms with E-state index < -0.39 is 0 Å². The minimum absolute atomic E-state index is 0.0578. The molecule has 0 spiro atoms. The van der Waals surface area contributed by atoms with Crippen LogP contribution in [0.2, 0.25) is 0 Å². The standard InChI is InChI=1S/C13H24N2O3/c1-12(2,14)9-18-13(3,4)7-8-15-10(16)5-6-11(15)17/h5-6,16-17H,7-9,14H2,1-4H3. The lowest BCUT2D eigenvalue weighted by Gasteiger charge is -2.30. The molecular formula is C13H24N2O3. The van der Waals surface area contributed by atoms with Gasteiger partial charge in [-0.1, -0.05) is 0 Å². The molecule has 5 heteroatoms. The summed E-state index contributed by atoms with van der Waals surface area (Å²) in [5.41, 5.74) is 5.14. The van der Waals surface area contributed by atoms with Gasteiger partial charge in [-0.15, -0.1) is 0 Å². The van der Waals surface area contributed by atoms with Gasteiger partial charge in [0.1, 0.15) is 0 Å². The molecule has 0 atom stereocenters. The second-order valence-corrected chi connectivity index (χ2v) is 5.99. The smallest absolute Gasteiger partial charge is 0.193 e. The zero-order chi connectivity index (χ0) is 14.0. The predicted molar refractivity (Wildman–Crippen MR) is 70.7 cm³/mol. The second kappa shape index (κ2) is 5.20. The van der Waals surface area contributed by atoms with Crippen LogP contribution in [0, 0.1) is 0 Å². The van der Waals surface area contributed by atoms with E-state index in [0.29, 0.717) is 19.6 Å². The van der Waals surface area contributed by atoms with Crippen molar-refractivity contribution in [2.45, 2.75) is 51.8 Å². The molecule has 5 nitrogen and oxygen atoms in total. The number of aromatic nitrogens is 1. The Morgan fingerprint density at radius 2 is 1.67 bits per heavy atom. The molecular weight excluding hydrogens is 232 g/mol. The molecule has 0 aliphatic carbocycles. The molecule has 0 unspecified atom stereocenters. The summed E-state index contributed by atoms with van der Waals surface area (Å²) >= 11 is 0. The van der Waals surface area contributed by atoms with Crippen LogP contribution in [0.4, 0.5) is 0 Å². The lowest BCUT2D eigenvalue weighted by molar-refractivity contribution is -0.0441. The Balaban J connectivity index is 2.51. The summed E-state index contributed by atoms with van der Waals surface area (Å²) in [6.45, 7) is 8.71. The van der Waals surface area contributed by atoms with Crippen LogP contribution in [0.1, 0.15) is 34.1 Å². The molecule has 0 bridgehead atoms. The van der Waals surface area contributed by atoms with Crippen molar-refractivity contribution in [1.82, 2.24) is 4.57 Å². The van der Waals surface area contributed by atoms with Crippen LogP contribution in [0.15, 0.2) is 12.1 Å². The SMILES string of the molecule is CC(C)(N)COC(C)(C)CCn1c(O)ccc1O. The maximum atomic E-state index is 9.53. The number of aromatic hydroxyl groups is 2. The van der Waals surface area contributed by atoms with Gasteiger partial charge in [-0.3, -0.25) is 4.57 Å². The van der Waals surface area contributed by atoms with Crippen LogP contribution in [-0.4, -0.2) is 32.5 Å². The second-order valence-electron chi connectivity index (χ2n) is 5.99. The molecule has 4 N–H and O–H groups in total. The number of nitrogens with zero attached hydrogens (tertiary/aromatic N) is 1. The van der Waals surface area contributed by atoms with Gasteiger partial charge in [0.15, 0.2) is 11.8 Å². The number of rotatable bonds is 6. The molecule has 0 saturated heterocycles. The molecule has 0 aliphatic heterocycles. The van der Waals surface area contributed by atoms with Gasteiger partial charge in [0.25, 0.3) is 0 Å². The van der Waals surface area contributed by atoms with Crippen molar-refractivity contribution in [2.75, 3.05) is 6.61 Å². The van der Waals surface area contributed by atoms with Crippen LogP contribution in [0.5, 0.6) is 11.8 Å². The van der Waals surface area contributed by atoms with Gasteiger partial charge in [-0.25, -0.2) is 0 Å². The Morgan fingerprint density at radius 1 is 1.17 bits per heavy atom. The first-order chi connectivity index (χ1) is 8.11. The molecule has 1 heterocycles. The molecule has 0 saturated carbocycles. The zero-order valence-electron chi connectivity index (χ0n) is 11.6. The van der Waals surface area contributed by atoms with Crippen molar-refractivity contribution in [3.05, 3.63) is 12.1 Å². The summed E-state index contributed by atoms with van der Waals surface area (Å²) in [5, 5.41) is 19.1. The Bertz CT molecular complexity index is 372. The summed E-state index contributed by atoms with van der Waals surface area (Å²) in [5.74, 6) is 0.116. The monoisotopic (exact) mass is 256 g/mol. The molecule has 104 valence electrons. The van der Waals surface area contributed by atoms with E-state index in [9.17, 15) is 10.2 Å². The zero-order valence-corrected chi connectivity index (χ0v) is 11.6. The van der Waals surface area contributed by atoms with Gasteiger partial charge in [-0.2, -0.15) is 0 Å².